The summed E-state index contributed by atoms with van der Waals surface area (Å²) in [6.07, 6.45) is -7.67. The monoisotopic (exact) mass is 418 g/mol. The van der Waals surface area contributed by atoms with Crippen LogP contribution in [0.5, 0.6) is 0 Å². The van der Waals surface area contributed by atoms with E-state index in [-0.39, 0.29) is 12.5 Å². The van der Waals surface area contributed by atoms with Crippen LogP contribution in [0.4, 0.5) is 57.1 Å². The molecule has 1 N–H and O–H groups in total. The number of halogens is 13. The number of hydrogen-bond donors (Lipinski definition) is 1. The van der Waals surface area contributed by atoms with Gasteiger partial charge < -0.3 is 9.84 Å². The summed E-state index contributed by atoms with van der Waals surface area (Å²) in [6.45, 7) is -1.00. The van der Waals surface area contributed by atoms with E-state index in [2.05, 4.69) is 4.74 Å². The third kappa shape index (κ3) is 2.73. The summed E-state index contributed by atoms with van der Waals surface area (Å²) in [4.78, 5) is 0. The molecule has 26 heavy (non-hydrogen) atoms. The minimum atomic E-state index is -8.01. The van der Waals surface area contributed by atoms with Crippen LogP contribution in [0.1, 0.15) is 6.42 Å². The Bertz CT molecular complexity index is 565. The summed E-state index contributed by atoms with van der Waals surface area (Å²) >= 11 is 0. The van der Waals surface area contributed by atoms with E-state index in [1.54, 1.807) is 0 Å². The van der Waals surface area contributed by atoms with Gasteiger partial charge in [0.1, 0.15) is 0 Å². The largest absolute Gasteiger partial charge is 0.460 e. The van der Waals surface area contributed by atoms with Gasteiger partial charge in [0.2, 0.25) is 0 Å². The molecule has 0 aliphatic carbocycles. The molecule has 2 nitrogen and oxygen atoms in total. The zero-order valence-corrected chi connectivity index (χ0v) is 11.8. The summed E-state index contributed by atoms with van der Waals surface area (Å²) in [7, 11) is 0. The first-order valence-electron chi connectivity index (χ1n) is 6.20. The van der Waals surface area contributed by atoms with Gasteiger partial charge in [-0.1, -0.05) is 6.08 Å². The maximum atomic E-state index is 13.7. The first-order valence-corrected chi connectivity index (χ1v) is 6.20. The number of rotatable bonds is 5. The van der Waals surface area contributed by atoms with Gasteiger partial charge in [0.15, 0.2) is 0 Å². The SMILES string of the molecule is OC1(C(F)(F)C(F)(F)C(F)(F)C(F)(F)C(F)(F)C(F)(F)F)C=CCCO1. The summed E-state index contributed by atoms with van der Waals surface area (Å²) in [5.74, 6) is -42.8. The second-order valence-electron chi connectivity index (χ2n) is 5.11. The van der Waals surface area contributed by atoms with E-state index < -0.39 is 48.2 Å². The van der Waals surface area contributed by atoms with E-state index >= 15 is 0 Å². The molecule has 1 aliphatic heterocycles. The fourth-order valence-corrected chi connectivity index (χ4v) is 1.76. The van der Waals surface area contributed by atoms with Gasteiger partial charge in [-0.25, -0.2) is 0 Å². The molecule has 1 unspecified atom stereocenters. The molecule has 0 aromatic carbocycles. The van der Waals surface area contributed by atoms with Crippen LogP contribution >= 0.6 is 0 Å². The van der Waals surface area contributed by atoms with Gasteiger partial charge in [-0.15, -0.1) is 0 Å². The lowest BCUT2D eigenvalue weighted by Crippen LogP contribution is -2.74. The van der Waals surface area contributed by atoms with Gasteiger partial charge in [-0.3, -0.25) is 0 Å². The normalized spacial score (nSPS) is 24.1. The van der Waals surface area contributed by atoms with E-state index in [9.17, 15) is 62.2 Å². The fraction of sp³-hybridized carbons (Fsp3) is 0.818. The van der Waals surface area contributed by atoms with E-state index in [4.69, 9.17) is 0 Å². The second-order valence-corrected chi connectivity index (χ2v) is 5.11. The molecule has 1 aliphatic rings. The van der Waals surface area contributed by atoms with Crippen LogP contribution in [0, 0.1) is 0 Å². The molecular weight excluding hydrogens is 411 g/mol. The van der Waals surface area contributed by atoms with E-state index in [0.29, 0.717) is 6.08 Å². The van der Waals surface area contributed by atoms with Crippen molar-refractivity contribution in [2.45, 2.75) is 48.0 Å². The van der Waals surface area contributed by atoms with Gasteiger partial charge in [0, 0.05) is 0 Å². The number of ether oxygens (including phenoxy) is 1. The Labute approximate surface area is 135 Å². The molecule has 0 spiro atoms. The summed E-state index contributed by atoms with van der Waals surface area (Å²) < 4.78 is 172. The highest BCUT2D eigenvalue weighted by Gasteiger charge is 2.92. The highest BCUT2D eigenvalue weighted by molar-refractivity contribution is 5.17. The molecule has 0 saturated carbocycles. The Kier molecular flexibility index (Phi) is 5.15. The molecular formula is C11H7F13O2. The molecule has 0 fully saturated rings. The highest BCUT2D eigenvalue weighted by atomic mass is 19.4. The third-order valence-corrected chi connectivity index (χ3v) is 3.33. The van der Waals surface area contributed by atoms with E-state index in [1.165, 1.54) is 0 Å². The van der Waals surface area contributed by atoms with Crippen LogP contribution in [0.2, 0.25) is 0 Å². The average Bonchev–Trinajstić information content (AvgIpc) is 2.45. The van der Waals surface area contributed by atoms with Crippen LogP contribution in [-0.2, 0) is 4.74 Å². The van der Waals surface area contributed by atoms with Crippen molar-refractivity contribution < 1.29 is 66.9 Å². The zero-order valence-electron chi connectivity index (χ0n) is 11.8. The highest BCUT2D eigenvalue weighted by Crippen LogP contribution is 2.62. The molecule has 0 bridgehead atoms. The maximum Gasteiger partial charge on any atom is 0.460 e. The molecule has 1 rings (SSSR count). The number of alkyl halides is 13. The van der Waals surface area contributed by atoms with Crippen LogP contribution in [0.3, 0.4) is 0 Å². The number of hydrogen-bond acceptors (Lipinski definition) is 2. The van der Waals surface area contributed by atoms with Crippen molar-refractivity contribution in [2.75, 3.05) is 6.61 Å². The van der Waals surface area contributed by atoms with Crippen molar-refractivity contribution in [3.05, 3.63) is 12.2 Å². The van der Waals surface area contributed by atoms with Crippen molar-refractivity contribution in [3.8, 4) is 0 Å². The van der Waals surface area contributed by atoms with E-state index in [0.717, 1.165) is 0 Å². The Hall–Kier alpha value is -1.25. The molecule has 154 valence electrons. The van der Waals surface area contributed by atoms with Crippen molar-refractivity contribution in [2.24, 2.45) is 0 Å². The molecule has 0 aromatic heterocycles. The Balaban J connectivity index is 3.53. The Morgan fingerprint density at radius 3 is 1.46 bits per heavy atom. The molecule has 0 saturated heterocycles. The third-order valence-electron chi connectivity index (χ3n) is 3.33. The molecule has 15 heteroatoms. The Morgan fingerprint density at radius 2 is 1.12 bits per heavy atom. The van der Waals surface area contributed by atoms with Gasteiger partial charge >= 0.3 is 35.8 Å². The van der Waals surface area contributed by atoms with Crippen LogP contribution in [-0.4, -0.2) is 53.3 Å². The van der Waals surface area contributed by atoms with Crippen molar-refractivity contribution in [1.82, 2.24) is 0 Å². The molecule has 0 aromatic rings. The average molecular weight is 418 g/mol. The first kappa shape index (κ1) is 22.8. The van der Waals surface area contributed by atoms with Crippen molar-refractivity contribution in [3.63, 3.8) is 0 Å². The zero-order chi connectivity index (χ0) is 21.0. The topological polar surface area (TPSA) is 29.5 Å². The predicted octanol–water partition coefficient (Wildman–Crippen LogP) is 4.39. The molecule has 1 atom stereocenters. The smallest absolute Gasteiger partial charge is 0.357 e. The minimum absolute atomic E-state index is 0.317. The lowest BCUT2D eigenvalue weighted by atomic mass is 9.89. The van der Waals surface area contributed by atoms with Crippen LogP contribution in [0.15, 0.2) is 12.2 Å². The Morgan fingerprint density at radius 1 is 0.692 bits per heavy atom. The van der Waals surface area contributed by atoms with Crippen LogP contribution < -0.4 is 0 Å². The lowest BCUT2D eigenvalue weighted by Gasteiger charge is -2.44. The summed E-state index contributed by atoms with van der Waals surface area (Å²) in [5.41, 5.74) is 0. The molecule has 0 amide bonds. The van der Waals surface area contributed by atoms with Crippen LogP contribution in [0.25, 0.3) is 0 Å². The maximum absolute atomic E-state index is 13.7. The quantitative estimate of drug-likeness (QED) is 0.530. The summed E-state index contributed by atoms with van der Waals surface area (Å²) in [6, 6.07) is 0. The van der Waals surface area contributed by atoms with Gasteiger partial charge in [-0.05, 0) is 12.5 Å². The fourth-order valence-electron chi connectivity index (χ4n) is 1.76. The van der Waals surface area contributed by atoms with Crippen molar-refractivity contribution in [1.29, 1.82) is 0 Å². The van der Waals surface area contributed by atoms with Gasteiger partial charge in [0.25, 0.3) is 5.79 Å². The van der Waals surface area contributed by atoms with Gasteiger partial charge in [0.05, 0.1) is 6.61 Å². The van der Waals surface area contributed by atoms with Gasteiger partial charge in [-0.2, -0.15) is 57.1 Å². The summed E-state index contributed by atoms with van der Waals surface area (Å²) in [5, 5.41) is 9.20. The minimum Gasteiger partial charge on any atom is -0.357 e. The van der Waals surface area contributed by atoms with Crippen molar-refractivity contribution >= 4 is 0 Å². The first-order chi connectivity index (χ1) is 11.2. The second kappa shape index (κ2) is 5.87. The molecule has 0 radical (unpaired) electrons. The standard InChI is InChI=1S/C11H7F13O2/c12-6(13,5(25)3-1-2-4-26-5)7(14,15)8(16,17)9(18,19)10(20,21)11(22,23)24/h1,3,25H,2,4H2. The number of aliphatic hydroxyl groups is 1. The molecule has 1 heterocycles. The lowest BCUT2D eigenvalue weighted by molar-refractivity contribution is -0.460. The van der Waals surface area contributed by atoms with E-state index in [1.807, 2.05) is 0 Å². The predicted molar refractivity (Wildman–Crippen MR) is 55.4 cm³/mol.